The molecule has 0 N–H and O–H groups in total. The summed E-state index contributed by atoms with van der Waals surface area (Å²) in [4.78, 5) is 19.3. The molecule has 20 heavy (non-hydrogen) atoms. The Kier molecular flexibility index (Phi) is 5.52. The molecule has 2 aromatic rings. The van der Waals surface area contributed by atoms with Crippen molar-refractivity contribution < 1.29 is 9.53 Å². The third kappa shape index (κ3) is 3.79. The Morgan fingerprint density at radius 3 is 3.00 bits per heavy atom. The van der Waals surface area contributed by atoms with E-state index in [1.54, 1.807) is 35.6 Å². The standard InChI is InChI=1S/C14H15ClN2O2S/c1-19-7-6-17(10-11-3-2-8-20-11)14(18)12-4-5-16-9-13(12)15/h2-5,8-9H,6-7,10H2,1H3. The number of carbonyl (C=O) groups is 1. The van der Waals surface area contributed by atoms with Gasteiger partial charge in [-0.3, -0.25) is 9.78 Å². The van der Waals surface area contributed by atoms with Gasteiger partial charge in [-0.1, -0.05) is 17.7 Å². The molecule has 0 aliphatic carbocycles. The van der Waals surface area contributed by atoms with E-state index in [0.717, 1.165) is 4.88 Å². The third-order valence-corrected chi connectivity index (χ3v) is 3.94. The van der Waals surface area contributed by atoms with Crippen LogP contribution in [0.25, 0.3) is 0 Å². The molecule has 0 fully saturated rings. The van der Waals surface area contributed by atoms with E-state index < -0.39 is 0 Å². The van der Waals surface area contributed by atoms with Crippen molar-refractivity contribution in [3.63, 3.8) is 0 Å². The Hall–Kier alpha value is -1.43. The highest BCUT2D eigenvalue weighted by Gasteiger charge is 2.18. The van der Waals surface area contributed by atoms with Crippen LogP contribution >= 0.6 is 22.9 Å². The molecule has 0 spiro atoms. The molecule has 0 aromatic carbocycles. The Morgan fingerprint density at radius 1 is 1.50 bits per heavy atom. The first-order valence-electron chi connectivity index (χ1n) is 6.12. The van der Waals surface area contributed by atoms with Gasteiger partial charge in [0.05, 0.1) is 23.7 Å². The highest BCUT2D eigenvalue weighted by atomic mass is 35.5. The smallest absolute Gasteiger partial charge is 0.255 e. The lowest BCUT2D eigenvalue weighted by Crippen LogP contribution is -2.33. The number of halogens is 1. The molecule has 6 heteroatoms. The largest absolute Gasteiger partial charge is 0.383 e. The number of rotatable bonds is 6. The summed E-state index contributed by atoms with van der Waals surface area (Å²) < 4.78 is 5.07. The zero-order chi connectivity index (χ0) is 14.4. The number of ether oxygens (including phenoxy) is 1. The van der Waals surface area contributed by atoms with Gasteiger partial charge in [-0.05, 0) is 17.5 Å². The molecule has 106 valence electrons. The molecule has 0 atom stereocenters. The van der Waals surface area contributed by atoms with Gasteiger partial charge in [0, 0.05) is 30.9 Å². The predicted octanol–water partition coefficient (Wildman–Crippen LogP) is 3.09. The van der Waals surface area contributed by atoms with Crippen LogP contribution in [0.5, 0.6) is 0 Å². The molecule has 2 aromatic heterocycles. The maximum absolute atomic E-state index is 12.6. The number of hydrogen-bond donors (Lipinski definition) is 0. The lowest BCUT2D eigenvalue weighted by molar-refractivity contribution is 0.0682. The first-order chi connectivity index (χ1) is 9.72. The van der Waals surface area contributed by atoms with E-state index in [2.05, 4.69) is 4.98 Å². The van der Waals surface area contributed by atoms with Crippen LogP contribution in [0.3, 0.4) is 0 Å². The Morgan fingerprint density at radius 2 is 2.35 bits per heavy atom. The fraction of sp³-hybridized carbons (Fsp3) is 0.286. The van der Waals surface area contributed by atoms with E-state index in [1.807, 2.05) is 17.5 Å². The third-order valence-electron chi connectivity index (χ3n) is 2.78. The quantitative estimate of drug-likeness (QED) is 0.823. The molecular formula is C14H15ClN2O2S. The average Bonchev–Trinajstić information content (AvgIpc) is 2.96. The van der Waals surface area contributed by atoms with Gasteiger partial charge in [0.25, 0.3) is 5.91 Å². The van der Waals surface area contributed by atoms with Gasteiger partial charge < -0.3 is 9.64 Å². The number of pyridine rings is 1. The number of carbonyl (C=O) groups excluding carboxylic acids is 1. The van der Waals surface area contributed by atoms with Crippen LogP contribution in [0.4, 0.5) is 0 Å². The minimum Gasteiger partial charge on any atom is -0.383 e. The van der Waals surface area contributed by atoms with Crippen LogP contribution in [0, 0.1) is 0 Å². The zero-order valence-corrected chi connectivity index (χ0v) is 12.7. The molecule has 1 amide bonds. The van der Waals surface area contributed by atoms with Crippen molar-refractivity contribution in [2.45, 2.75) is 6.54 Å². The number of methoxy groups -OCH3 is 1. The van der Waals surface area contributed by atoms with Gasteiger partial charge in [0.1, 0.15) is 0 Å². The summed E-state index contributed by atoms with van der Waals surface area (Å²) in [6, 6.07) is 5.61. The molecule has 0 aliphatic rings. The minimum absolute atomic E-state index is 0.108. The molecular weight excluding hydrogens is 296 g/mol. The predicted molar refractivity (Wildman–Crippen MR) is 80.2 cm³/mol. The SMILES string of the molecule is COCCN(Cc1cccs1)C(=O)c1ccncc1Cl. The zero-order valence-electron chi connectivity index (χ0n) is 11.1. The van der Waals surface area contributed by atoms with Crippen LogP contribution in [0.2, 0.25) is 5.02 Å². The summed E-state index contributed by atoms with van der Waals surface area (Å²) in [5, 5.41) is 2.36. The number of thiophene rings is 1. The number of nitrogens with zero attached hydrogens (tertiary/aromatic N) is 2. The molecule has 0 radical (unpaired) electrons. The molecule has 2 rings (SSSR count). The van der Waals surface area contributed by atoms with Gasteiger partial charge in [-0.15, -0.1) is 11.3 Å². The van der Waals surface area contributed by atoms with E-state index in [-0.39, 0.29) is 5.91 Å². The van der Waals surface area contributed by atoms with Crippen LogP contribution in [-0.4, -0.2) is 36.1 Å². The topological polar surface area (TPSA) is 42.4 Å². The Balaban J connectivity index is 2.17. The summed E-state index contributed by atoms with van der Waals surface area (Å²) in [5.74, 6) is -0.108. The van der Waals surface area contributed by atoms with Gasteiger partial charge in [-0.25, -0.2) is 0 Å². The van der Waals surface area contributed by atoms with Gasteiger partial charge in [0.15, 0.2) is 0 Å². The molecule has 0 saturated heterocycles. The second-order valence-corrected chi connectivity index (χ2v) is 5.59. The van der Waals surface area contributed by atoms with Crippen molar-refractivity contribution in [2.24, 2.45) is 0 Å². The van der Waals surface area contributed by atoms with E-state index in [4.69, 9.17) is 16.3 Å². The van der Waals surface area contributed by atoms with Crippen molar-refractivity contribution in [2.75, 3.05) is 20.3 Å². The van der Waals surface area contributed by atoms with E-state index in [9.17, 15) is 4.79 Å². The summed E-state index contributed by atoms with van der Waals surface area (Å²) in [6.07, 6.45) is 3.05. The number of hydrogen-bond acceptors (Lipinski definition) is 4. The van der Waals surface area contributed by atoms with E-state index >= 15 is 0 Å². The summed E-state index contributed by atoms with van der Waals surface area (Å²) >= 11 is 7.66. The fourth-order valence-corrected chi connectivity index (χ4v) is 2.68. The van der Waals surface area contributed by atoms with Gasteiger partial charge in [0.2, 0.25) is 0 Å². The van der Waals surface area contributed by atoms with Crippen molar-refractivity contribution in [1.29, 1.82) is 0 Å². The maximum atomic E-state index is 12.6. The summed E-state index contributed by atoms with van der Waals surface area (Å²) in [5.41, 5.74) is 0.467. The molecule has 0 bridgehead atoms. The van der Waals surface area contributed by atoms with Crippen molar-refractivity contribution in [3.8, 4) is 0 Å². The lowest BCUT2D eigenvalue weighted by atomic mass is 10.2. The Bertz CT molecular complexity index is 560. The number of amides is 1. The van der Waals surface area contributed by atoms with Crippen LogP contribution < -0.4 is 0 Å². The lowest BCUT2D eigenvalue weighted by Gasteiger charge is -2.22. The number of aromatic nitrogens is 1. The van der Waals surface area contributed by atoms with E-state index in [0.29, 0.717) is 30.3 Å². The van der Waals surface area contributed by atoms with Crippen molar-refractivity contribution in [3.05, 3.63) is 51.4 Å². The maximum Gasteiger partial charge on any atom is 0.255 e. The minimum atomic E-state index is -0.108. The Labute approximate surface area is 127 Å². The van der Waals surface area contributed by atoms with Crippen LogP contribution in [0.1, 0.15) is 15.2 Å². The normalized spacial score (nSPS) is 10.5. The van der Waals surface area contributed by atoms with Crippen LogP contribution in [0.15, 0.2) is 36.0 Å². The first-order valence-corrected chi connectivity index (χ1v) is 7.38. The molecule has 2 heterocycles. The molecule has 0 aliphatic heterocycles. The first kappa shape index (κ1) is 15.0. The average molecular weight is 311 g/mol. The fourth-order valence-electron chi connectivity index (χ4n) is 1.76. The van der Waals surface area contributed by atoms with Gasteiger partial charge in [-0.2, -0.15) is 0 Å². The van der Waals surface area contributed by atoms with Crippen molar-refractivity contribution >= 4 is 28.8 Å². The highest BCUT2D eigenvalue weighted by Crippen LogP contribution is 2.18. The second-order valence-electron chi connectivity index (χ2n) is 4.15. The van der Waals surface area contributed by atoms with E-state index in [1.165, 1.54) is 6.20 Å². The molecule has 4 nitrogen and oxygen atoms in total. The summed E-state index contributed by atoms with van der Waals surface area (Å²) in [6.45, 7) is 1.56. The summed E-state index contributed by atoms with van der Waals surface area (Å²) in [7, 11) is 1.62. The monoisotopic (exact) mass is 310 g/mol. The van der Waals surface area contributed by atoms with Gasteiger partial charge >= 0.3 is 0 Å². The molecule has 0 saturated carbocycles. The van der Waals surface area contributed by atoms with Crippen LogP contribution in [-0.2, 0) is 11.3 Å². The highest BCUT2D eigenvalue weighted by molar-refractivity contribution is 7.09. The molecule has 0 unspecified atom stereocenters. The second kappa shape index (κ2) is 7.38. The van der Waals surface area contributed by atoms with Crippen molar-refractivity contribution in [1.82, 2.24) is 9.88 Å².